The lowest BCUT2D eigenvalue weighted by Gasteiger charge is -2.07. The maximum Gasteiger partial charge on any atom is 0.218 e. The van der Waals surface area contributed by atoms with Gasteiger partial charge in [-0.15, -0.1) is 0 Å². The molecule has 0 amide bonds. The Morgan fingerprint density at radius 3 is 2.69 bits per heavy atom. The summed E-state index contributed by atoms with van der Waals surface area (Å²) in [7, 11) is 0. The van der Waals surface area contributed by atoms with Gasteiger partial charge < -0.3 is 15.2 Å². The van der Waals surface area contributed by atoms with Crippen LogP contribution in [0.5, 0.6) is 5.88 Å². The van der Waals surface area contributed by atoms with Gasteiger partial charge in [0.1, 0.15) is 18.2 Å². The maximum atomic E-state index is 5.62. The van der Waals surface area contributed by atoms with Crippen molar-refractivity contribution < 1.29 is 9.47 Å². The molecule has 0 radical (unpaired) electrons. The smallest absolute Gasteiger partial charge is 0.218 e. The molecule has 0 aromatic carbocycles. The van der Waals surface area contributed by atoms with E-state index in [9.17, 15) is 0 Å². The average Bonchev–Trinajstić information content (AvgIpc) is 2.28. The van der Waals surface area contributed by atoms with Crippen LogP contribution in [0.15, 0.2) is 6.07 Å². The Hall–Kier alpha value is -1.36. The quantitative estimate of drug-likeness (QED) is 0.711. The molecule has 0 unspecified atom stereocenters. The highest BCUT2D eigenvalue weighted by Crippen LogP contribution is 2.10. The van der Waals surface area contributed by atoms with E-state index in [1.165, 1.54) is 0 Å². The molecular formula is C11H19N3O2. The third-order valence-corrected chi connectivity index (χ3v) is 1.91. The van der Waals surface area contributed by atoms with Gasteiger partial charge >= 0.3 is 0 Å². The van der Waals surface area contributed by atoms with Gasteiger partial charge in [-0.1, -0.05) is 13.8 Å². The number of anilines is 1. The van der Waals surface area contributed by atoms with E-state index < -0.39 is 0 Å². The van der Waals surface area contributed by atoms with Gasteiger partial charge in [0.25, 0.3) is 0 Å². The van der Waals surface area contributed by atoms with Crippen LogP contribution in [0.2, 0.25) is 0 Å². The van der Waals surface area contributed by atoms with Crippen molar-refractivity contribution in [2.45, 2.75) is 26.7 Å². The number of nitrogens with zero attached hydrogens (tertiary/aromatic N) is 2. The fourth-order valence-electron chi connectivity index (χ4n) is 1.18. The van der Waals surface area contributed by atoms with Crippen LogP contribution in [-0.2, 0) is 11.2 Å². The van der Waals surface area contributed by atoms with Crippen molar-refractivity contribution in [3.8, 4) is 5.88 Å². The van der Waals surface area contributed by atoms with Gasteiger partial charge in [-0.2, -0.15) is 4.98 Å². The third-order valence-electron chi connectivity index (χ3n) is 1.91. The first-order valence-corrected chi connectivity index (χ1v) is 5.60. The van der Waals surface area contributed by atoms with Crippen molar-refractivity contribution >= 4 is 5.82 Å². The first-order chi connectivity index (χ1) is 7.76. The molecule has 0 bridgehead atoms. The molecule has 0 fully saturated rings. The van der Waals surface area contributed by atoms with E-state index in [-0.39, 0.29) is 0 Å². The van der Waals surface area contributed by atoms with Crippen LogP contribution in [0.1, 0.15) is 26.1 Å². The van der Waals surface area contributed by atoms with E-state index in [1.54, 1.807) is 6.07 Å². The van der Waals surface area contributed by atoms with Crippen LogP contribution in [-0.4, -0.2) is 29.8 Å². The molecule has 0 aliphatic rings. The molecule has 1 heterocycles. The molecule has 0 saturated carbocycles. The fourth-order valence-corrected chi connectivity index (χ4v) is 1.18. The molecule has 2 N–H and O–H groups in total. The van der Waals surface area contributed by atoms with Gasteiger partial charge in [-0.3, -0.25) is 0 Å². The summed E-state index contributed by atoms with van der Waals surface area (Å²) in [6.07, 6.45) is 1.76. The third kappa shape index (κ3) is 4.44. The Morgan fingerprint density at radius 1 is 1.19 bits per heavy atom. The van der Waals surface area contributed by atoms with Gasteiger partial charge in [-0.05, 0) is 6.42 Å². The van der Waals surface area contributed by atoms with Gasteiger partial charge in [-0.25, -0.2) is 4.98 Å². The number of aromatic nitrogens is 2. The predicted octanol–water partition coefficient (Wildman–Crippen LogP) is 1.43. The SMILES string of the molecule is CCCOCCOc1cc(N)nc(CC)n1. The van der Waals surface area contributed by atoms with E-state index in [2.05, 4.69) is 16.9 Å². The monoisotopic (exact) mass is 225 g/mol. The number of nitrogen functional groups attached to an aromatic ring is 1. The molecule has 5 nitrogen and oxygen atoms in total. The van der Waals surface area contributed by atoms with Crippen molar-refractivity contribution in [3.63, 3.8) is 0 Å². The van der Waals surface area contributed by atoms with Crippen molar-refractivity contribution in [3.05, 3.63) is 11.9 Å². The summed E-state index contributed by atoms with van der Waals surface area (Å²) >= 11 is 0. The standard InChI is InChI=1S/C11H19N3O2/c1-3-5-15-6-7-16-11-8-9(12)13-10(4-2)14-11/h8H,3-7H2,1-2H3,(H2,12,13,14). The minimum absolute atomic E-state index is 0.441. The minimum Gasteiger partial charge on any atom is -0.475 e. The van der Waals surface area contributed by atoms with Gasteiger partial charge in [0, 0.05) is 19.1 Å². The second-order valence-electron chi connectivity index (χ2n) is 3.36. The van der Waals surface area contributed by atoms with E-state index in [0.29, 0.717) is 30.7 Å². The summed E-state index contributed by atoms with van der Waals surface area (Å²) in [4.78, 5) is 8.27. The Kier molecular flexibility index (Phi) is 5.56. The Bertz CT molecular complexity index is 318. The van der Waals surface area contributed by atoms with Crippen LogP contribution < -0.4 is 10.5 Å². The molecule has 16 heavy (non-hydrogen) atoms. The molecular weight excluding hydrogens is 206 g/mol. The molecule has 0 atom stereocenters. The normalized spacial score (nSPS) is 10.4. The zero-order valence-electron chi connectivity index (χ0n) is 9.90. The maximum absolute atomic E-state index is 5.62. The lowest BCUT2D eigenvalue weighted by molar-refractivity contribution is 0.0989. The second kappa shape index (κ2) is 7.00. The molecule has 90 valence electrons. The van der Waals surface area contributed by atoms with Crippen LogP contribution in [0.25, 0.3) is 0 Å². The first kappa shape index (κ1) is 12.7. The van der Waals surface area contributed by atoms with E-state index in [4.69, 9.17) is 15.2 Å². The number of hydrogen-bond acceptors (Lipinski definition) is 5. The highest BCUT2D eigenvalue weighted by Gasteiger charge is 2.01. The molecule has 5 heteroatoms. The summed E-state index contributed by atoms with van der Waals surface area (Å²) in [5.74, 6) is 1.66. The van der Waals surface area contributed by atoms with Gasteiger partial charge in [0.2, 0.25) is 5.88 Å². The highest BCUT2D eigenvalue weighted by atomic mass is 16.5. The zero-order valence-corrected chi connectivity index (χ0v) is 9.90. The van der Waals surface area contributed by atoms with E-state index in [0.717, 1.165) is 19.4 Å². The lowest BCUT2D eigenvalue weighted by Crippen LogP contribution is -2.09. The summed E-state index contributed by atoms with van der Waals surface area (Å²) < 4.78 is 10.7. The van der Waals surface area contributed by atoms with Crippen LogP contribution in [0.4, 0.5) is 5.82 Å². The van der Waals surface area contributed by atoms with Crippen molar-refractivity contribution in [1.82, 2.24) is 9.97 Å². The molecule has 1 aromatic heterocycles. The van der Waals surface area contributed by atoms with Gasteiger partial charge in [0.05, 0.1) is 6.61 Å². The van der Waals surface area contributed by atoms with Crippen molar-refractivity contribution in [2.75, 3.05) is 25.6 Å². The predicted molar refractivity (Wildman–Crippen MR) is 62.4 cm³/mol. The van der Waals surface area contributed by atoms with Crippen LogP contribution >= 0.6 is 0 Å². The second-order valence-corrected chi connectivity index (χ2v) is 3.36. The first-order valence-electron chi connectivity index (χ1n) is 5.60. The molecule has 0 aliphatic heterocycles. The summed E-state index contributed by atoms with van der Waals surface area (Å²) in [5.41, 5.74) is 5.62. The topological polar surface area (TPSA) is 70.3 Å². The minimum atomic E-state index is 0.441. The molecule has 0 aliphatic carbocycles. The van der Waals surface area contributed by atoms with Gasteiger partial charge in [0.15, 0.2) is 0 Å². The highest BCUT2D eigenvalue weighted by molar-refractivity contribution is 5.32. The number of rotatable bonds is 7. The summed E-state index contributed by atoms with van der Waals surface area (Å²) in [6, 6.07) is 1.62. The molecule has 1 aromatic rings. The van der Waals surface area contributed by atoms with E-state index >= 15 is 0 Å². The Morgan fingerprint density at radius 2 is 2.00 bits per heavy atom. The summed E-state index contributed by atoms with van der Waals surface area (Å²) in [6.45, 7) is 5.86. The number of hydrogen-bond donors (Lipinski definition) is 1. The molecule has 0 saturated heterocycles. The largest absolute Gasteiger partial charge is 0.475 e. The van der Waals surface area contributed by atoms with Crippen molar-refractivity contribution in [1.29, 1.82) is 0 Å². The zero-order chi connectivity index (χ0) is 11.8. The molecule has 1 rings (SSSR count). The number of aryl methyl sites for hydroxylation is 1. The fraction of sp³-hybridized carbons (Fsp3) is 0.636. The van der Waals surface area contributed by atoms with Crippen LogP contribution in [0, 0.1) is 0 Å². The van der Waals surface area contributed by atoms with E-state index in [1.807, 2.05) is 6.92 Å². The number of ether oxygens (including phenoxy) is 2. The summed E-state index contributed by atoms with van der Waals surface area (Å²) in [5, 5.41) is 0. The molecule has 0 spiro atoms. The Balaban J connectivity index is 2.38. The van der Waals surface area contributed by atoms with Crippen LogP contribution in [0.3, 0.4) is 0 Å². The lowest BCUT2D eigenvalue weighted by atomic mass is 10.4. The van der Waals surface area contributed by atoms with Crippen molar-refractivity contribution in [2.24, 2.45) is 0 Å². The average molecular weight is 225 g/mol. The number of nitrogens with two attached hydrogens (primary N) is 1. The Labute approximate surface area is 96.0 Å².